The SMILES string of the molecule is CC(N)(CO[N+](=O)[O-])CO[N+](=O)[O-].CO[N+](=O)[O-]. The lowest BCUT2D eigenvalue weighted by molar-refractivity contribution is -0.768. The molecule has 106 valence electrons. The molecule has 0 atom stereocenters. The van der Waals surface area contributed by atoms with Crippen LogP contribution in [0.3, 0.4) is 0 Å². The molecule has 2 N–H and O–H groups in total. The summed E-state index contributed by atoms with van der Waals surface area (Å²) < 4.78 is 0. The summed E-state index contributed by atoms with van der Waals surface area (Å²) in [5.74, 6) is 0. The normalized spacial score (nSPS) is 9.50. The first-order valence-electron chi connectivity index (χ1n) is 4.12. The zero-order valence-electron chi connectivity index (χ0n) is 9.51. The van der Waals surface area contributed by atoms with Gasteiger partial charge in [-0.1, -0.05) is 0 Å². The van der Waals surface area contributed by atoms with Crippen LogP contribution in [0.1, 0.15) is 6.92 Å². The average Bonchev–Trinajstić information content (AvgIpc) is 2.25. The first kappa shape index (κ1) is 17.9. The molecule has 0 bridgehead atoms. The van der Waals surface area contributed by atoms with Gasteiger partial charge in [-0.15, -0.1) is 30.3 Å². The van der Waals surface area contributed by atoms with Crippen molar-refractivity contribution in [2.24, 2.45) is 5.73 Å². The van der Waals surface area contributed by atoms with Crippen LogP contribution in [-0.4, -0.2) is 41.1 Å². The molecule has 0 aliphatic carbocycles. The Morgan fingerprint density at radius 3 is 1.44 bits per heavy atom. The molecule has 0 aromatic carbocycles. The van der Waals surface area contributed by atoms with E-state index < -0.39 is 34.0 Å². The number of nitrogens with zero attached hydrogens (tertiary/aromatic N) is 3. The summed E-state index contributed by atoms with van der Waals surface area (Å²) in [4.78, 5) is 39.8. The van der Waals surface area contributed by atoms with Gasteiger partial charge in [0.25, 0.3) is 15.3 Å². The molecule has 0 rings (SSSR count). The summed E-state index contributed by atoms with van der Waals surface area (Å²) in [5.41, 5.74) is 4.09. The van der Waals surface area contributed by atoms with Crippen molar-refractivity contribution < 1.29 is 29.8 Å². The quantitative estimate of drug-likeness (QED) is 0.442. The third-order valence-corrected chi connectivity index (χ3v) is 1.15. The van der Waals surface area contributed by atoms with E-state index in [9.17, 15) is 20.2 Å². The van der Waals surface area contributed by atoms with Crippen LogP contribution in [-0.2, 0) is 14.5 Å². The topological polar surface area (TPSA) is 183 Å². The predicted octanol–water partition coefficient (Wildman–Crippen LogP) is -1.06. The maximum absolute atomic E-state index is 9.74. The Morgan fingerprint density at radius 2 is 1.28 bits per heavy atom. The Bertz CT molecular complexity index is 273. The number of hydrogen-bond acceptors (Lipinski definition) is 10. The fourth-order valence-corrected chi connectivity index (χ4v) is 0.442. The van der Waals surface area contributed by atoms with Gasteiger partial charge in [0, 0.05) is 0 Å². The third-order valence-electron chi connectivity index (χ3n) is 1.15. The molecule has 0 unspecified atom stereocenters. The van der Waals surface area contributed by atoms with Crippen LogP contribution in [0.15, 0.2) is 0 Å². The lowest BCUT2D eigenvalue weighted by Crippen LogP contribution is -2.46. The Balaban J connectivity index is 0. The summed E-state index contributed by atoms with van der Waals surface area (Å²) in [6.45, 7) is 0.404. The highest BCUT2D eigenvalue weighted by atomic mass is 17.0. The first-order chi connectivity index (χ1) is 8.10. The largest absolute Gasteiger partial charge is 0.322 e. The Morgan fingerprint density at radius 1 is 1.00 bits per heavy atom. The summed E-state index contributed by atoms with van der Waals surface area (Å²) in [5, 5.41) is 25.5. The van der Waals surface area contributed by atoms with Crippen LogP contribution in [0.25, 0.3) is 0 Å². The van der Waals surface area contributed by atoms with Gasteiger partial charge in [0.1, 0.15) is 13.2 Å². The molecule has 0 aromatic heterocycles. The molecular formula is C5H12N4O9. The summed E-state index contributed by atoms with van der Waals surface area (Å²) in [7, 11) is 1.00. The first-order valence-corrected chi connectivity index (χ1v) is 4.12. The van der Waals surface area contributed by atoms with Crippen LogP contribution in [0, 0.1) is 30.3 Å². The van der Waals surface area contributed by atoms with E-state index in [2.05, 4.69) is 14.5 Å². The zero-order valence-corrected chi connectivity index (χ0v) is 9.51. The van der Waals surface area contributed by atoms with Crippen LogP contribution < -0.4 is 5.73 Å². The molecule has 18 heavy (non-hydrogen) atoms. The number of rotatable bonds is 7. The highest BCUT2D eigenvalue weighted by molar-refractivity contribution is 4.76. The third kappa shape index (κ3) is 16.0. The van der Waals surface area contributed by atoms with Gasteiger partial charge in [0.2, 0.25) is 0 Å². The smallest absolute Gasteiger partial charge is 0.294 e. The van der Waals surface area contributed by atoms with Crippen molar-refractivity contribution in [1.29, 1.82) is 0 Å². The lowest BCUT2D eigenvalue weighted by Gasteiger charge is -2.20. The van der Waals surface area contributed by atoms with Gasteiger partial charge in [0.05, 0.1) is 12.6 Å². The standard InChI is InChI=1S/C4H9N3O6.CH3NO3/c1-4(5,2-12-6(8)9)3-13-7(10)11;1-5-2(3)4/h2-3,5H2,1H3;1H3. The van der Waals surface area contributed by atoms with Crippen molar-refractivity contribution in [2.45, 2.75) is 12.5 Å². The average molecular weight is 272 g/mol. The van der Waals surface area contributed by atoms with E-state index in [0.717, 1.165) is 7.11 Å². The highest BCUT2D eigenvalue weighted by Crippen LogP contribution is 2.00. The monoisotopic (exact) mass is 272 g/mol. The van der Waals surface area contributed by atoms with E-state index >= 15 is 0 Å². The minimum absolute atomic E-state index is 0.464. The fourth-order valence-electron chi connectivity index (χ4n) is 0.442. The summed E-state index contributed by atoms with van der Waals surface area (Å²) in [6.07, 6.45) is 0. The molecule has 0 saturated heterocycles. The predicted molar refractivity (Wildman–Crippen MR) is 52.5 cm³/mol. The van der Waals surface area contributed by atoms with Crippen molar-refractivity contribution in [1.82, 2.24) is 0 Å². The molecule has 13 nitrogen and oxygen atoms in total. The second-order valence-electron chi connectivity index (χ2n) is 3.05. The molecule has 0 aliphatic heterocycles. The molecule has 0 aliphatic rings. The molecule has 0 amide bonds. The van der Waals surface area contributed by atoms with Gasteiger partial charge in [-0.25, -0.2) is 0 Å². The molecule has 0 fully saturated rings. The van der Waals surface area contributed by atoms with Crippen LogP contribution in [0.5, 0.6) is 0 Å². The van der Waals surface area contributed by atoms with Gasteiger partial charge >= 0.3 is 0 Å². The van der Waals surface area contributed by atoms with E-state index in [1.807, 2.05) is 0 Å². The van der Waals surface area contributed by atoms with Crippen molar-refractivity contribution >= 4 is 0 Å². The number of hydrogen-bond donors (Lipinski definition) is 1. The van der Waals surface area contributed by atoms with E-state index in [-0.39, 0.29) is 0 Å². The molecule has 0 heterocycles. The minimum Gasteiger partial charge on any atom is -0.322 e. The van der Waals surface area contributed by atoms with Crippen molar-refractivity contribution in [3.63, 3.8) is 0 Å². The zero-order chi connectivity index (χ0) is 14.8. The Kier molecular flexibility index (Phi) is 8.65. The van der Waals surface area contributed by atoms with Gasteiger partial charge < -0.3 is 20.2 Å². The minimum atomic E-state index is -1.26. The Hall–Kier alpha value is -2.44. The van der Waals surface area contributed by atoms with Gasteiger partial charge in [-0.3, -0.25) is 0 Å². The molecule has 0 aromatic rings. The van der Waals surface area contributed by atoms with Crippen LogP contribution in [0.2, 0.25) is 0 Å². The van der Waals surface area contributed by atoms with Crippen LogP contribution in [0.4, 0.5) is 0 Å². The molecule has 0 spiro atoms. The molecular weight excluding hydrogens is 260 g/mol. The maximum atomic E-state index is 9.74. The summed E-state index contributed by atoms with van der Waals surface area (Å²) >= 11 is 0. The maximum Gasteiger partial charge on any atom is 0.294 e. The molecule has 13 heteroatoms. The number of nitrogens with two attached hydrogens (primary N) is 1. The fraction of sp³-hybridized carbons (Fsp3) is 1.00. The van der Waals surface area contributed by atoms with E-state index in [1.165, 1.54) is 6.92 Å². The van der Waals surface area contributed by atoms with Crippen molar-refractivity contribution in [3.8, 4) is 0 Å². The van der Waals surface area contributed by atoms with Gasteiger partial charge in [-0.2, -0.15) is 0 Å². The molecule has 0 saturated carbocycles. The Labute approximate surface area is 99.7 Å². The second kappa shape index (κ2) is 8.68. The highest BCUT2D eigenvalue weighted by Gasteiger charge is 2.22. The van der Waals surface area contributed by atoms with Gasteiger partial charge in [0.15, 0.2) is 0 Å². The van der Waals surface area contributed by atoms with E-state index in [4.69, 9.17) is 15.8 Å². The van der Waals surface area contributed by atoms with Crippen LogP contribution >= 0.6 is 0 Å². The van der Waals surface area contributed by atoms with Crippen molar-refractivity contribution in [2.75, 3.05) is 20.3 Å². The van der Waals surface area contributed by atoms with Crippen molar-refractivity contribution in [3.05, 3.63) is 30.3 Å². The van der Waals surface area contributed by atoms with Gasteiger partial charge in [-0.05, 0) is 6.92 Å². The lowest BCUT2D eigenvalue weighted by atomic mass is 10.1. The second-order valence-corrected chi connectivity index (χ2v) is 3.05. The summed E-state index contributed by atoms with van der Waals surface area (Å²) in [6, 6.07) is 0. The van der Waals surface area contributed by atoms with E-state index in [0.29, 0.717) is 0 Å². The van der Waals surface area contributed by atoms with E-state index in [1.54, 1.807) is 0 Å². The molecule has 0 radical (unpaired) electrons.